The molecule has 5 nitrogen and oxygen atoms in total. The van der Waals surface area contributed by atoms with Crippen LogP contribution in [0.2, 0.25) is 0 Å². The van der Waals surface area contributed by atoms with E-state index in [1.807, 2.05) is 25.6 Å². The Morgan fingerprint density at radius 1 is 1.35 bits per heavy atom. The zero-order valence-corrected chi connectivity index (χ0v) is 12.7. The summed E-state index contributed by atoms with van der Waals surface area (Å²) in [5, 5.41) is 13.5. The largest absolute Gasteiger partial charge is 0.481 e. The molecule has 1 aromatic heterocycles. The number of nitrogens with zero attached hydrogens (tertiary/aromatic N) is 3. The fraction of sp³-hybridized carbons (Fsp3) is 0.800. The van der Waals surface area contributed by atoms with Crippen molar-refractivity contribution in [3.8, 4) is 0 Å². The molecule has 0 radical (unpaired) electrons. The summed E-state index contributed by atoms with van der Waals surface area (Å²) in [7, 11) is 1.91. The molecule has 20 heavy (non-hydrogen) atoms. The molecule has 0 spiro atoms. The third kappa shape index (κ3) is 3.81. The second kappa shape index (κ2) is 5.94. The van der Waals surface area contributed by atoms with Crippen LogP contribution < -0.4 is 0 Å². The number of hydrogen-bond donors (Lipinski definition) is 1. The Kier molecular flexibility index (Phi) is 4.45. The molecule has 0 saturated heterocycles. The predicted octanol–water partition coefficient (Wildman–Crippen LogP) is 2.91. The van der Waals surface area contributed by atoms with Crippen molar-refractivity contribution in [1.82, 2.24) is 14.8 Å². The van der Waals surface area contributed by atoms with Crippen molar-refractivity contribution in [3.63, 3.8) is 0 Å². The lowest BCUT2D eigenvalue weighted by molar-refractivity contribution is -0.139. The number of aliphatic carboxylic acids is 1. The van der Waals surface area contributed by atoms with E-state index in [0.717, 1.165) is 11.6 Å². The summed E-state index contributed by atoms with van der Waals surface area (Å²) in [6, 6.07) is 0. The molecule has 0 amide bonds. The molecule has 2 rings (SSSR count). The van der Waals surface area contributed by atoms with Gasteiger partial charge < -0.3 is 5.11 Å². The molecule has 1 fully saturated rings. The summed E-state index contributed by atoms with van der Waals surface area (Å²) in [6.45, 7) is 3.94. The number of carboxylic acids is 1. The third-order valence-electron chi connectivity index (χ3n) is 4.11. The summed E-state index contributed by atoms with van der Waals surface area (Å²) >= 11 is 0. The first-order valence-corrected chi connectivity index (χ1v) is 7.49. The van der Waals surface area contributed by atoms with Gasteiger partial charge in [-0.25, -0.2) is 4.98 Å². The van der Waals surface area contributed by atoms with Crippen molar-refractivity contribution >= 4 is 5.97 Å². The van der Waals surface area contributed by atoms with Gasteiger partial charge in [0.2, 0.25) is 0 Å². The molecule has 1 saturated carbocycles. The molecule has 5 heteroatoms. The van der Waals surface area contributed by atoms with Crippen LogP contribution in [0.15, 0.2) is 0 Å². The van der Waals surface area contributed by atoms with E-state index >= 15 is 0 Å². The molecule has 1 aliphatic carbocycles. The second-order valence-electron chi connectivity index (χ2n) is 6.76. The molecule has 1 N–H and O–H groups in total. The average molecular weight is 279 g/mol. The van der Waals surface area contributed by atoms with Crippen molar-refractivity contribution in [2.45, 2.75) is 64.7 Å². The molecule has 112 valence electrons. The first-order chi connectivity index (χ1) is 9.37. The maximum atomic E-state index is 10.9. The summed E-state index contributed by atoms with van der Waals surface area (Å²) in [4.78, 5) is 15.6. The normalized spacial score (nSPS) is 17.4. The molecule has 0 bridgehead atoms. The lowest BCUT2D eigenvalue weighted by atomic mass is 9.85. The van der Waals surface area contributed by atoms with E-state index in [1.165, 1.54) is 32.1 Å². The Bertz CT molecular complexity index is 473. The van der Waals surface area contributed by atoms with Crippen LogP contribution in [0, 0.1) is 5.41 Å². The Balaban J connectivity index is 2.09. The zero-order chi connectivity index (χ0) is 14.8. The van der Waals surface area contributed by atoms with Crippen LogP contribution in [-0.4, -0.2) is 25.8 Å². The predicted molar refractivity (Wildman–Crippen MR) is 76.6 cm³/mol. The number of aromatic nitrogens is 3. The van der Waals surface area contributed by atoms with Crippen LogP contribution in [-0.2, 0) is 18.3 Å². The van der Waals surface area contributed by atoms with Crippen LogP contribution >= 0.6 is 0 Å². The highest BCUT2D eigenvalue weighted by Crippen LogP contribution is 2.32. The van der Waals surface area contributed by atoms with Crippen molar-refractivity contribution in [3.05, 3.63) is 11.6 Å². The van der Waals surface area contributed by atoms with Gasteiger partial charge in [0.05, 0.1) is 6.42 Å². The lowest BCUT2D eigenvalue weighted by Crippen LogP contribution is -2.21. The monoisotopic (exact) mass is 279 g/mol. The first kappa shape index (κ1) is 15.0. The van der Waals surface area contributed by atoms with E-state index in [2.05, 4.69) is 10.1 Å². The summed E-state index contributed by atoms with van der Waals surface area (Å²) in [6.07, 6.45) is 7.02. The van der Waals surface area contributed by atoms with Gasteiger partial charge in [-0.3, -0.25) is 9.48 Å². The minimum Gasteiger partial charge on any atom is -0.481 e. The topological polar surface area (TPSA) is 68.0 Å². The van der Waals surface area contributed by atoms with Crippen LogP contribution in [0.1, 0.15) is 69.9 Å². The maximum absolute atomic E-state index is 10.9. The molecule has 0 atom stereocenters. The first-order valence-electron chi connectivity index (χ1n) is 7.49. The average Bonchev–Trinajstić information content (AvgIpc) is 2.69. The molecular weight excluding hydrogens is 254 g/mol. The number of hydrogen-bond acceptors (Lipinski definition) is 3. The quantitative estimate of drug-likeness (QED) is 0.899. The van der Waals surface area contributed by atoms with E-state index in [4.69, 9.17) is 5.11 Å². The molecular formula is C15H25N3O2. The highest BCUT2D eigenvalue weighted by atomic mass is 16.4. The van der Waals surface area contributed by atoms with Crippen molar-refractivity contribution in [2.75, 3.05) is 0 Å². The van der Waals surface area contributed by atoms with E-state index in [-0.39, 0.29) is 11.8 Å². The maximum Gasteiger partial charge on any atom is 0.303 e. The van der Waals surface area contributed by atoms with Crippen molar-refractivity contribution in [1.29, 1.82) is 0 Å². The van der Waals surface area contributed by atoms with Gasteiger partial charge in [-0.2, -0.15) is 5.10 Å². The number of carbonyl (C=O) groups is 1. The summed E-state index contributed by atoms with van der Waals surface area (Å²) in [5.41, 5.74) is -0.295. The Labute approximate surface area is 120 Å². The molecule has 0 unspecified atom stereocenters. The molecule has 1 aliphatic rings. The minimum atomic E-state index is -0.760. The van der Waals surface area contributed by atoms with Gasteiger partial charge in [0.1, 0.15) is 5.82 Å². The molecule has 0 aliphatic heterocycles. The number of carboxylic acid groups (broad SMARTS) is 1. The van der Waals surface area contributed by atoms with E-state index in [1.54, 1.807) is 0 Å². The van der Waals surface area contributed by atoms with Gasteiger partial charge in [0.25, 0.3) is 0 Å². The molecule has 1 aromatic rings. The Hall–Kier alpha value is -1.39. The van der Waals surface area contributed by atoms with Crippen LogP contribution in [0.5, 0.6) is 0 Å². The van der Waals surface area contributed by atoms with Crippen LogP contribution in [0.3, 0.4) is 0 Å². The van der Waals surface area contributed by atoms with E-state index in [0.29, 0.717) is 12.3 Å². The van der Waals surface area contributed by atoms with Crippen LogP contribution in [0.4, 0.5) is 0 Å². The molecule has 0 aromatic carbocycles. The summed E-state index contributed by atoms with van der Waals surface area (Å²) < 4.78 is 1.83. The summed E-state index contributed by atoms with van der Waals surface area (Å²) in [5.74, 6) is 1.58. The minimum absolute atomic E-state index is 0.151. The highest BCUT2D eigenvalue weighted by Gasteiger charge is 2.26. The van der Waals surface area contributed by atoms with Crippen LogP contribution in [0.25, 0.3) is 0 Å². The van der Waals surface area contributed by atoms with Gasteiger partial charge in [-0.1, -0.05) is 33.1 Å². The Morgan fingerprint density at radius 3 is 2.60 bits per heavy atom. The number of rotatable bonds is 5. The van der Waals surface area contributed by atoms with Gasteiger partial charge in [0.15, 0.2) is 5.82 Å². The second-order valence-corrected chi connectivity index (χ2v) is 6.76. The lowest BCUT2D eigenvalue weighted by Gasteiger charge is -2.21. The van der Waals surface area contributed by atoms with Gasteiger partial charge in [-0.05, 0) is 18.3 Å². The Morgan fingerprint density at radius 2 is 2.00 bits per heavy atom. The SMILES string of the molecule is Cn1nc(C2CCCCC2)nc1CC(C)(C)CC(=O)O. The third-order valence-corrected chi connectivity index (χ3v) is 4.11. The van der Waals surface area contributed by atoms with Crippen molar-refractivity contribution < 1.29 is 9.90 Å². The fourth-order valence-electron chi connectivity index (χ4n) is 3.03. The van der Waals surface area contributed by atoms with E-state index in [9.17, 15) is 4.79 Å². The van der Waals surface area contributed by atoms with Gasteiger partial charge in [-0.15, -0.1) is 0 Å². The van der Waals surface area contributed by atoms with Crippen molar-refractivity contribution in [2.24, 2.45) is 12.5 Å². The van der Waals surface area contributed by atoms with Gasteiger partial charge in [0, 0.05) is 19.4 Å². The standard InChI is InChI=1S/C15H25N3O2/c1-15(2,10-13(19)20)9-12-16-14(17-18(12)3)11-7-5-4-6-8-11/h11H,4-10H2,1-3H3,(H,19,20). The smallest absolute Gasteiger partial charge is 0.303 e. The highest BCUT2D eigenvalue weighted by molar-refractivity contribution is 5.67. The molecule has 1 heterocycles. The fourth-order valence-corrected chi connectivity index (χ4v) is 3.03. The zero-order valence-electron chi connectivity index (χ0n) is 12.7. The van der Waals surface area contributed by atoms with Gasteiger partial charge >= 0.3 is 5.97 Å². The van der Waals surface area contributed by atoms with E-state index < -0.39 is 5.97 Å². The number of aryl methyl sites for hydroxylation is 1.